The van der Waals surface area contributed by atoms with Gasteiger partial charge in [-0.25, -0.2) is 4.98 Å². The number of unbranched alkanes of at least 4 members (excludes halogenated alkanes) is 1. The van der Waals surface area contributed by atoms with Gasteiger partial charge in [-0.05, 0) is 35.2 Å². The molecule has 0 saturated carbocycles. The van der Waals surface area contributed by atoms with Gasteiger partial charge in [-0.2, -0.15) is 0 Å². The molecule has 4 aromatic rings. The van der Waals surface area contributed by atoms with Gasteiger partial charge in [0.1, 0.15) is 5.82 Å². The molecule has 2 aromatic heterocycles. The number of benzene rings is 2. The molecule has 15 heteroatoms. The van der Waals surface area contributed by atoms with Crippen molar-refractivity contribution >= 4 is 25.0 Å². The molecule has 0 spiro atoms. The smallest absolute Gasteiger partial charge is 0.756 e. The maximum atomic E-state index is 13.7. The first kappa shape index (κ1) is 35.5. The minimum Gasteiger partial charge on any atom is -0.756 e. The summed E-state index contributed by atoms with van der Waals surface area (Å²) in [4.78, 5) is 41.7. The zero-order valence-corrected chi connectivity index (χ0v) is 29.8. The third-order valence-electron chi connectivity index (χ3n) is 6.69. The Morgan fingerprint density at radius 3 is 2.44 bits per heavy atom. The van der Waals surface area contributed by atoms with Gasteiger partial charge in [0.25, 0.3) is 13.4 Å². The van der Waals surface area contributed by atoms with E-state index < -0.39 is 14.6 Å². The van der Waals surface area contributed by atoms with E-state index in [0.717, 1.165) is 40.2 Å². The second-order valence-corrected chi connectivity index (χ2v) is 11.7. The molecule has 12 nitrogen and oxygen atoms in total. The molecular formula is C28H33KN7O5PS. The van der Waals surface area contributed by atoms with Gasteiger partial charge in [0.2, 0.25) is 5.82 Å². The average molecular weight is 650 g/mol. The second-order valence-electron chi connectivity index (χ2n) is 10.0. The van der Waals surface area contributed by atoms with Crippen LogP contribution in [0.1, 0.15) is 42.4 Å². The van der Waals surface area contributed by atoms with E-state index >= 15 is 0 Å². The fourth-order valence-corrected chi connectivity index (χ4v) is 4.78. The summed E-state index contributed by atoms with van der Waals surface area (Å²) in [5, 5.41) is 12.0. The number of hydrogen-bond acceptors (Lipinski definition) is 9. The minimum absolute atomic E-state index is 0. The number of hydrogen-bond donors (Lipinski definition) is 1. The number of tetrazole rings is 1. The van der Waals surface area contributed by atoms with Crippen molar-refractivity contribution in [2.75, 3.05) is 14.1 Å². The van der Waals surface area contributed by atoms with Crippen LogP contribution in [-0.2, 0) is 35.2 Å². The number of aryl methyl sites for hydroxylation is 2. The number of thiocarbonyl (C=S) groups is 1. The number of phosphoric acid groups is 1. The van der Waals surface area contributed by atoms with E-state index in [0.29, 0.717) is 41.2 Å². The normalized spacial score (nSPS) is 12.4. The van der Waals surface area contributed by atoms with Crippen molar-refractivity contribution in [3.63, 3.8) is 0 Å². The van der Waals surface area contributed by atoms with Crippen molar-refractivity contribution in [2.45, 2.75) is 52.8 Å². The molecule has 2 aromatic carbocycles. The summed E-state index contributed by atoms with van der Waals surface area (Å²) in [5.74, 6) is 1.03. The topological polar surface area (TPSA) is 151 Å². The van der Waals surface area contributed by atoms with Crippen molar-refractivity contribution < 1.29 is 70.3 Å². The van der Waals surface area contributed by atoms with E-state index in [4.69, 9.17) is 22.1 Å². The molecule has 1 atom stereocenters. The van der Waals surface area contributed by atoms with E-state index in [1.807, 2.05) is 74.4 Å². The third-order valence-corrected chi connectivity index (χ3v) is 7.64. The maximum absolute atomic E-state index is 13.7. The Morgan fingerprint density at radius 2 is 1.81 bits per heavy atom. The number of phosphoric ester groups is 1. The van der Waals surface area contributed by atoms with Crippen LogP contribution in [0, 0.1) is 6.92 Å². The molecule has 0 fully saturated rings. The van der Waals surface area contributed by atoms with Gasteiger partial charge in [0.15, 0.2) is 6.73 Å². The molecule has 0 saturated heterocycles. The molecule has 222 valence electrons. The Morgan fingerprint density at radius 1 is 1.14 bits per heavy atom. The first-order valence-electron chi connectivity index (χ1n) is 13.4. The van der Waals surface area contributed by atoms with Crippen LogP contribution in [0.4, 0.5) is 0 Å². The van der Waals surface area contributed by atoms with Crippen molar-refractivity contribution in [2.24, 2.45) is 0 Å². The molecule has 4 rings (SSSR count). The maximum Gasteiger partial charge on any atom is 1.00 e. The molecule has 0 radical (unpaired) electrons. The fourth-order valence-electron chi connectivity index (χ4n) is 4.39. The summed E-state index contributed by atoms with van der Waals surface area (Å²) in [5.41, 5.74) is 4.59. The van der Waals surface area contributed by atoms with Crippen LogP contribution < -0.4 is 61.8 Å². The number of likely N-dealkylation sites (N-methyl/N-ethyl adjacent to an activating group) is 1. The van der Waals surface area contributed by atoms with Gasteiger partial charge in [0.05, 0.1) is 11.5 Å². The van der Waals surface area contributed by atoms with Gasteiger partial charge < -0.3 is 14.7 Å². The molecule has 0 bridgehead atoms. The van der Waals surface area contributed by atoms with E-state index in [1.165, 1.54) is 0 Å². The van der Waals surface area contributed by atoms with Crippen LogP contribution >= 0.6 is 20.0 Å². The van der Waals surface area contributed by atoms with Crippen LogP contribution in [0.25, 0.3) is 22.5 Å². The SMILES string of the molecule is CCCCc1nc(C)c(CC(=S)N(C)C)c(=O)n1Cc1ccc(-c2ccccc2-c2nnn(COP(=O)([O-])O)n2)cc1.[K+]. The van der Waals surface area contributed by atoms with E-state index in [2.05, 4.69) is 26.9 Å². The van der Waals surface area contributed by atoms with Crippen molar-refractivity contribution in [1.82, 2.24) is 34.7 Å². The number of rotatable bonds is 12. The molecule has 0 aliphatic rings. The Hall–Kier alpha value is -1.97. The summed E-state index contributed by atoms with van der Waals surface area (Å²) < 4.78 is 17.0. The van der Waals surface area contributed by atoms with Gasteiger partial charge >= 0.3 is 51.4 Å². The minimum atomic E-state index is -4.92. The largest absolute Gasteiger partial charge is 1.00 e. The van der Waals surface area contributed by atoms with Crippen molar-refractivity contribution in [3.8, 4) is 22.5 Å². The number of nitrogens with zero attached hydrogens (tertiary/aromatic N) is 7. The molecule has 2 heterocycles. The van der Waals surface area contributed by atoms with E-state index in [9.17, 15) is 14.3 Å². The predicted octanol–water partition coefficient (Wildman–Crippen LogP) is 0.133. The van der Waals surface area contributed by atoms with Gasteiger partial charge in [-0.1, -0.05) is 74.1 Å². The van der Waals surface area contributed by atoms with Crippen LogP contribution in [0.15, 0.2) is 53.3 Å². The summed E-state index contributed by atoms with van der Waals surface area (Å²) in [6.45, 7) is 3.76. The van der Waals surface area contributed by atoms with Crippen LogP contribution in [0.3, 0.4) is 0 Å². The zero-order valence-electron chi connectivity index (χ0n) is 24.9. The summed E-state index contributed by atoms with van der Waals surface area (Å²) in [7, 11) is -1.18. The second kappa shape index (κ2) is 15.8. The van der Waals surface area contributed by atoms with Crippen LogP contribution in [0.2, 0.25) is 0 Å². The molecule has 0 aliphatic carbocycles. The average Bonchev–Trinajstić information content (AvgIpc) is 3.44. The molecule has 0 aliphatic heterocycles. The van der Waals surface area contributed by atoms with Gasteiger partial charge in [0, 0.05) is 43.8 Å². The molecular weight excluding hydrogens is 616 g/mol. The number of aromatic nitrogens is 6. The van der Waals surface area contributed by atoms with Crippen molar-refractivity contribution in [1.29, 1.82) is 0 Å². The Labute approximate surface area is 298 Å². The standard InChI is InChI=1S/C28H34N7O5PS.K/c1-5-6-11-25-29-19(2)24(16-26(42)33(3)4)28(36)34(25)17-20-12-14-21(15-13-20)22-9-7-8-10-23(22)27-30-32-35(31-27)18-40-41(37,38)39;/h7-10,12-15H,5-6,11,16-18H2,1-4H3,(H2,37,38,39);/q;+1/p-1. The Bertz CT molecular complexity index is 1670. The monoisotopic (exact) mass is 649 g/mol. The zero-order chi connectivity index (χ0) is 30.4. The third kappa shape index (κ3) is 9.51. The fraction of sp³-hybridized carbons (Fsp3) is 0.357. The summed E-state index contributed by atoms with van der Waals surface area (Å²) >= 11 is 5.49. The summed E-state index contributed by atoms with van der Waals surface area (Å²) in [6.07, 6.45) is 2.99. The van der Waals surface area contributed by atoms with E-state index in [-0.39, 0.29) is 62.8 Å². The van der Waals surface area contributed by atoms with Crippen LogP contribution in [0.5, 0.6) is 0 Å². The first-order chi connectivity index (χ1) is 20.0. The molecule has 0 amide bonds. The van der Waals surface area contributed by atoms with Gasteiger partial charge in [-0.3, -0.25) is 18.5 Å². The van der Waals surface area contributed by atoms with E-state index in [1.54, 1.807) is 4.57 Å². The van der Waals surface area contributed by atoms with Gasteiger partial charge in [-0.15, -0.1) is 15.0 Å². The quantitative estimate of drug-likeness (QED) is 0.127. The molecule has 43 heavy (non-hydrogen) atoms. The van der Waals surface area contributed by atoms with Crippen molar-refractivity contribution in [3.05, 3.63) is 81.5 Å². The van der Waals surface area contributed by atoms with Crippen LogP contribution in [-0.4, -0.2) is 58.6 Å². The Kier molecular flexibility index (Phi) is 13.1. The summed E-state index contributed by atoms with van der Waals surface area (Å²) in [6, 6.07) is 15.3. The first-order valence-corrected chi connectivity index (χ1v) is 15.3. The molecule has 1 N–H and O–H groups in total. The predicted molar refractivity (Wildman–Crippen MR) is 161 cm³/mol. The Balaban J connectivity index is 0.00000506. The molecule has 1 unspecified atom stereocenters.